The van der Waals surface area contributed by atoms with Crippen molar-refractivity contribution in [2.24, 2.45) is 5.41 Å². The molecule has 0 aromatic carbocycles. The van der Waals surface area contributed by atoms with E-state index in [1.165, 1.54) is 4.90 Å². The van der Waals surface area contributed by atoms with Crippen LogP contribution in [0.3, 0.4) is 0 Å². The van der Waals surface area contributed by atoms with Gasteiger partial charge in [0.05, 0.1) is 12.0 Å². The first-order chi connectivity index (χ1) is 12.6. The second kappa shape index (κ2) is 7.06. The van der Waals surface area contributed by atoms with Crippen molar-refractivity contribution in [1.29, 1.82) is 0 Å². The number of rotatable bonds is 3. The van der Waals surface area contributed by atoms with Gasteiger partial charge in [0.2, 0.25) is 11.8 Å². The molecule has 0 bridgehead atoms. The molecule has 0 saturated carbocycles. The van der Waals surface area contributed by atoms with Gasteiger partial charge < -0.3 is 19.3 Å². The van der Waals surface area contributed by atoms with E-state index in [2.05, 4.69) is 4.90 Å². The van der Waals surface area contributed by atoms with Crippen LogP contribution >= 0.6 is 0 Å². The van der Waals surface area contributed by atoms with E-state index in [0.717, 1.165) is 51.9 Å². The van der Waals surface area contributed by atoms with Gasteiger partial charge in [-0.1, -0.05) is 0 Å². The van der Waals surface area contributed by atoms with Crippen LogP contribution in [0.4, 0.5) is 4.79 Å². The Labute approximate surface area is 153 Å². The lowest BCUT2D eigenvalue weighted by Crippen LogP contribution is -2.55. The molecule has 4 saturated heterocycles. The zero-order valence-electron chi connectivity index (χ0n) is 15.2. The summed E-state index contributed by atoms with van der Waals surface area (Å²) in [5.74, 6) is 0.128. The molecule has 1 atom stereocenters. The second-order valence-electron chi connectivity index (χ2n) is 7.83. The van der Waals surface area contributed by atoms with Crippen molar-refractivity contribution >= 4 is 17.9 Å². The zero-order valence-corrected chi connectivity index (χ0v) is 15.2. The fraction of sp³-hybridized carbons (Fsp3) is 0.833. The number of carbonyl (C=O) groups excluding carboxylic acids is 3. The standard InChI is InChI=1S/C18H27N3O5/c22-15(12-19-8-11-26-17(19)24)20-7-5-18(13-20)4-1-6-21(16(18)23)14-2-9-25-10-3-14/h14H,1-13H2/t18-/m0/s1. The first-order valence-electron chi connectivity index (χ1n) is 9.67. The molecule has 4 heterocycles. The van der Waals surface area contributed by atoms with E-state index in [4.69, 9.17) is 9.47 Å². The van der Waals surface area contributed by atoms with Crippen molar-refractivity contribution in [3.8, 4) is 0 Å². The number of cyclic esters (lactones) is 1. The third-order valence-electron chi connectivity index (χ3n) is 6.28. The summed E-state index contributed by atoms with van der Waals surface area (Å²) in [4.78, 5) is 42.7. The summed E-state index contributed by atoms with van der Waals surface area (Å²) in [6, 6.07) is 0.276. The van der Waals surface area contributed by atoms with E-state index in [-0.39, 0.29) is 24.4 Å². The number of hydrogen-bond donors (Lipinski definition) is 0. The lowest BCUT2D eigenvalue weighted by molar-refractivity contribution is -0.151. The third kappa shape index (κ3) is 3.15. The Morgan fingerprint density at radius 3 is 2.62 bits per heavy atom. The average molecular weight is 365 g/mol. The van der Waals surface area contributed by atoms with Crippen LogP contribution in [0.25, 0.3) is 0 Å². The highest BCUT2D eigenvalue weighted by atomic mass is 16.6. The van der Waals surface area contributed by atoms with Crippen LogP contribution < -0.4 is 0 Å². The molecule has 1 spiro atoms. The lowest BCUT2D eigenvalue weighted by Gasteiger charge is -2.44. The van der Waals surface area contributed by atoms with Crippen molar-refractivity contribution < 1.29 is 23.9 Å². The van der Waals surface area contributed by atoms with Crippen molar-refractivity contribution in [3.63, 3.8) is 0 Å². The molecule has 0 N–H and O–H groups in total. The van der Waals surface area contributed by atoms with Gasteiger partial charge >= 0.3 is 6.09 Å². The van der Waals surface area contributed by atoms with Crippen LogP contribution in [-0.2, 0) is 19.1 Å². The molecule has 4 rings (SSSR count). The Morgan fingerprint density at radius 1 is 1.08 bits per heavy atom. The summed E-state index contributed by atoms with van der Waals surface area (Å²) >= 11 is 0. The van der Waals surface area contributed by atoms with Crippen molar-refractivity contribution in [2.45, 2.75) is 38.1 Å². The van der Waals surface area contributed by atoms with E-state index >= 15 is 0 Å². The number of amides is 3. The van der Waals surface area contributed by atoms with Crippen LogP contribution in [0.5, 0.6) is 0 Å². The van der Waals surface area contributed by atoms with E-state index in [9.17, 15) is 14.4 Å². The van der Waals surface area contributed by atoms with Crippen LogP contribution in [0.15, 0.2) is 0 Å². The molecular weight excluding hydrogens is 338 g/mol. The Morgan fingerprint density at radius 2 is 1.88 bits per heavy atom. The molecule has 3 amide bonds. The Balaban J connectivity index is 1.40. The summed E-state index contributed by atoms with van der Waals surface area (Å²) in [6.07, 6.45) is 3.95. The summed E-state index contributed by atoms with van der Waals surface area (Å²) in [7, 11) is 0. The fourth-order valence-electron chi connectivity index (χ4n) is 4.74. The molecule has 4 aliphatic rings. The third-order valence-corrected chi connectivity index (χ3v) is 6.28. The Kier molecular flexibility index (Phi) is 4.77. The molecule has 4 aliphatic heterocycles. The van der Waals surface area contributed by atoms with Crippen molar-refractivity contribution in [1.82, 2.24) is 14.7 Å². The smallest absolute Gasteiger partial charge is 0.410 e. The minimum atomic E-state index is -0.433. The van der Waals surface area contributed by atoms with Gasteiger partial charge in [-0.15, -0.1) is 0 Å². The molecular formula is C18H27N3O5. The summed E-state index contributed by atoms with van der Waals surface area (Å²) in [5, 5.41) is 0. The predicted molar refractivity (Wildman–Crippen MR) is 91.3 cm³/mol. The Hall–Kier alpha value is -1.83. The molecule has 144 valence electrons. The van der Waals surface area contributed by atoms with Crippen LogP contribution in [0.2, 0.25) is 0 Å². The second-order valence-corrected chi connectivity index (χ2v) is 7.83. The number of nitrogens with zero attached hydrogens (tertiary/aromatic N) is 3. The number of carbonyl (C=O) groups is 3. The van der Waals surface area contributed by atoms with Gasteiger partial charge in [0, 0.05) is 38.9 Å². The zero-order chi connectivity index (χ0) is 18.1. The van der Waals surface area contributed by atoms with Gasteiger partial charge in [-0.3, -0.25) is 14.5 Å². The predicted octanol–water partition coefficient (Wildman–Crippen LogP) is 0.459. The maximum absolute atomic E-state index is 13.3. The summed E-state index contributed by atoms with van der Waals surface area (Å²) in [6.45, 7) is 4.18. The normalized spacial score (nSPS) is 30.4. The quantitative estimate of drug-likeness (QED) is 0.726. The first kappa shape index (κ1) is 17.6. The molecule has 0 aromatic rings. The Bertz CT molecular complexity index is 591. The van der Waals surface area contributed by atoms with Crippen molar-refractivity contribution in [2.75, 3.05) is 52.5 Å². The molecule has 0 aromatic heterocycles. The molecule has 4 fully saturated rings. The van der Waals surface area contributed by atoms with E-state index < -0.39 is 11.5 Å². The van der Waals surface area contributed by atoms with E-state index in [0.29, 0.717) is 26.2 Å². The highest BCUT2D eigenvalue weighted by Gasteiger charge is 2.50. The lowest BCUT2D eigenvalue weighted by atomic mass is 9.77. The number of piperidine rings is 1. The maximum atomic E-state index is 13.3. The van der Waals surface area contributed by atoms with Gasteiger partial charge in [0.15, 0.2) is 0 Å². The SMILES string of the molecule is O=C(CN1CCOC1=O)N1CC[C@@]2(CCCN(C3CCOCC3)C2=O)C1. The van der Waals surface area contributed by atoms with Gasteiger partial charge in [0.1, 0.15) is 13.2 Å². The fourth-order valence-corrected chi connectivity index (χ4v) is 4.74. The molecule has 0 unspecified atom stereocenters. The van der Waals surface area contributed by atoms with Crippen LogP contribution in [-0.4, -0.2) is 91.2 Å². The monoisotopic (exact) mass is 365 g/mol. The van der Waals surface area contributed by atoms with E-state index in [1.54, 1.807) is 4.90 Å². The number of ether oxygens (including phenoxy) is 2. The summed E-state index contributed by atoms with van der Waals surface area (Å²) in [5.41, 5.74) is -0.433. The molecule has 0 aliphatic carbocycles. The summed E-state index contributed by atoms with van der Waals surface area (Å²) < 4.78 is 10.3. The topological polar surface area (TPSA) is 79.4 Å². The minimum absolute atomic E-state index is 0.0484. The number of likely N-dealkylation sites (tertiary alicyclic amines) is 2. The highest BCUT2D eigenvalue weighted by Crippen LogP contribution is 2.41. The molecule has 8 nitrogen and oxygen atoms in total. The molecule has 0 radical (unpaired) electrons. The average Bonchev–Trinajstić information content (AvgIpc) is 3.26. The highest BCUT2D eigenvalue weighted by molar-refractivity contribution is 5.87. The van der Waals surface area contributed by atoms with Crippen LogP contribution in [0.1, 0.15) is 32.1 Å². The number of hydrogen-bond acceptors (Lipinski definition) is 5. The molecule has 26 heavy (non-hydrogen) atoms. The minimum Gasteiger partial charge on any atom is -0.448 e. The first-order valence-corrected chi connectivity index (χ1v) is 9.67. The van der Waals surface area contributed by atoms with E-state index in [1.807, 2.05) is 0 Å². The maximum Gasteiger partial charge on any atom is 0.410 e. The van der Waals surface area contributed by atoms with Gasteiger partial charge in [-0.25, -0.2) is 4.79 Å². The molecule has 8 heteroatoms. The van der Waals surface area contributed by atoms with Crippen LogP contribution in [0, 0.1) is 5.41 Å². The van der Waals surface area contributed by atoms with Crippen molar-refractivity contribution in [3.05, 3.63) is 0 Å². The van der Waals surface area contributed by atoms with Gasteiger partial charge in [-0.05, 0) is 32.1 Å². The largest absolute Gasteiger partial charge is 0.448 e. The van der Waals surface area contributed by atoms with Gasteiger partial charge in [0.25, 0.3) is 0 Å². The van der Waals surface area contributed by atoms with Gasteiger partial charge in [-0.2, -0.15) is 0 Å².